The Morgan fingerprint density at radius 2 is 1.14 bits per heavy atom. The van der Waals surface area contributed by atoms with Crippen LogP contribution in [0.3, 0.4) is 0 Å². The number of hydrogen-bond acceptors (Lipinski definition) is 4. The molecule has 3 aromatic rings. The van der Waals surface area contributed by atoms with Crippen LogP contribution in [-0.2, 0) is 0 Å². The largest absolute Gasteiger partial charge is 0.453 e. The van der Waals surface area contributed by atoms with Gasteiger partial charge in [0.1, 0.15) is 17.2 Å². The molecule has 0 saturated carbocycles. The first kappa shape index (κ1) is 13.8. The van der Waals surface area contributed by atoms with Gasteiger partial charge in [-0.3, -0.25) is 0 Å². The van der Waals surface area contributed by atoms with Gasteiger partial charge < -0.3 is 20.9 Å². The van der Waals surface area contributed by atoms with Gasteiger partial charge in [-0.2, -0.15) is 0 Å². The molecule has 3 aromatic carbocycles. The highest BCUT2D eigenvalue weighted by Crippen LogP contribution is 2.42. The van der Waals surface area contributed by atoms with Gasteiger partial charge >= 0.3 is 0 Å². The lowest BCUT2D eigenvalue weighted by molar-refractivity contribution is 0.421. The van der Waals surface area contributed by atoms with Gasteiger partial charge in [0, 0.05) is 0 Å². The van der Waals surface area contributed by atoms with E-state index in [0.717, 1.165) is 0 Å². The monoisotopic (exact) mass is 292 g/mol. The number of hydrogen-bond donors (Lipinski definition) is 2. The average Bonchev–Trinajstić information content (AvgIpc) is 2.56. The Bertz CT molecular complexity index is 759. The predicted octanol–water partition coefficient (Wildman–Crippen LogP) is 4.44. The molecule has 0 heterocycles. The third-order valence-electron chi connectivity index (χ3n) is 3.13. The Hall–Kier alpha value is -3.14. The standard InChI is InChI=1S/C18H16N2O2/c19-15-11-12-16(21-13-7-3-1-4-8-13)18(17(15)20)22-14-9-5-2-6-10-14/h1-12H,19-20H2. The molecule has 110 valence electrons. The molecule has 0 aromatic heterocycles. The van der Waals surface area contributed by atoms with Crippen LogP contribution in [-0.4, -0.2) is 0 Å². The molecule has 4 heteroatoms. The summed E-state index contributed by atoms with van der Waals surface area (Å²) in [6, 6.07) is 22.2. The first-order valence-corrected chi connectivity index (χ1v) is 6.88. The molecule has 0 aliphatic rings. The first-order chi connectivity index (χ1) is 10.7. The SMILES string of the molecule is Nc1ccc(Oc2ccccc2)c(Oc2ccccc2)c1N. The van der Waals surface area contributed by atoms with Crippen molar-refractivity contribution in [1.82, 2.24) is 0 Å². The fraction of sp³-hybridized carbons (Fsp3) is 0. The molecule has 0 fully saturated rings. The zero-order valence-electron chi connectivity index (χ0n) is 11.9. The van der Waals surface area contributed by atoms with Crippen molar-refractivity contribution in [1.29, 1.82) is 0 Å². The molecule has 3 rings (SSSR count). The summed E-state index contributed by atoms with van der Waals surface area (Å²) in [7, 11) is 0. The van der Waals surface area contributed by atoms with E-state index in [1.54, 1.807) is 12.1 Å². The molecule has 0 aliphatic heterocycles. The number of nitrogens with two attached hydrogens (primary N) is 2. The van der Waals surface area contributed by atoms with Crippen molar-refractivity contribution < 1.29 is 9.47 Å². The smallest absolute Gasteiger partial charge is 0.194 e. The summed E-state index contributed by atoms with van der Waals surface area (Å²) < 4.78 is 11.7. The fourth-order valence-corrected chi connectivity index (χ4v) is 2.00. The first-order valence-electron chi connectivity index (χ1n) is 6.88. The second kappa shape index (κ2) is 6.10. The minimum Gasteiger partial charge on any atom is -0.453 e. The molecule has 0 bridgehead atoms. The second-order valence-corrected chi connectivity index (χ2v) is 4.73. The lowest BCUT2D eigenvalue weighted by Gasteiger charge is -2.15. The van der Waals surface area contributed by atoms with Crippen LogP contribution in [0, 0.1) is 0 Å². The molecule has 4 N–H and O–H groups in total. The van der Waals surface area contributed by atoms with Crippen LogP contribution in [0.1, 0.15) is 0 Å². The van der Waals surface area contributed by atoms with Crippen molar-refractivity contribution in [3.63, 3.8) is 0 Å². The van der Waals surface area contributed by atoms with Crippen LogP contribution >= 0.6 is 0 Å². The number of ether oxygens (including phenoxy) is 2. The van der Waals surface area contributed by atoms with Crippen molar-refractivity contribution >= 4 is 11.4 Å². The number of anilines is 2. The summed E-state index contributed by atoms with van der Waals surface area (Å²) in [5.74, 6) is 2.29. The Morgan fingerprint density at radius 1 is 0.591 bits per heavy atom. The molecule has 0 spiro atoms. The molecule has 0 saturated heterocycles. The van der Waals surface area contributed by atoms with E-state index in [-0.39, 0.29) is 0 Å². The van der Waals surface area contributed by atoms with E-state index >= 15 is 0 Å². The van der Waals surface area contributed by atoms with Gasteiger partial charge in [0.15, 0.2) is 11.5 Å². The quantitative estimate of drug-likeness (QED) is 0.698. The van der Waals surface area contributed by atoms with Crippen LogP contribution in [0.25, 0.3) is 0 Å². The van der Waals surface area contributed by atoms with E-state index in [1.807, 2.05) is 60.7 Å². The average molecular weight is 292 g/mol. The predicted molar refractivity (Wildman–Crippen MR) is 88.3 cm³/mol. The van der Waals surface area contributed by atoms with Gasteiger partial charge in [-0.25, -0.2) is 0 Å². The van der Waals surface area contributed by atoms with Gasteiger partial charge in [0.25, 0.3) is 0 Å². The fourth-order valence-electron chi connectivity index (χ4n) is 2.00. The summed E-state index contributed by atoms with van der Waals surface area (Å²) in [5.41, 5.74) is 12.7. The van der Waals surface area contributed by atoms with Crippen LogP contribution in [0.15, 0.2) is 72.8 Å². The summed E-state index contributed by atoms with van der Waals surface area (Å²) in [6.45, 7) is 0. The van der Waals surface area contributed by atoms with E-state index in [0.29, 0.717) is 34.4 Å². The van der Waals surface area contributed by atoms with E-state index in [1.165, 1.54) is 0 Å². The summed E-state index contributed by atoms with van der Waals surface area (Å²) in [4.78, 5) is 0. The topological polar surface area (TPSA) is 70.5 Å². The van der Waals surface area contributed by atoms with Gasteiger partial charge in [-0.15, -0.1) is 0 Å². The Labute approximate surface area is 128 Å². The summed E-state index contributed by atoms with van der Waals surface area (Å²) >= 11 is 0. The lowest BCUT2D eigenvalue weighted by atomic mass is 10.2. The van der Waals surface area contributed by atoms with Gasteiger partial charge in [0.05, 0.1) is 5.69 Å². The maximum atomic E-state index is 6.05. The summed E-state index contributed by atoms with van der Waals surface area (Å²) in [5, 5.41) is 0. The molecule has 0 radical (unpaired) electrons. The molecule has 0 amide bonds. The molecular weight excluding hydrogens is 276 g/mol. The van der Waals surface area contributed by atoms with Gasteiger partial charge in [0.2, 0.25) is 0 Å². The van der Waals surface area contributed by atoms with Crippen LogP contribution in [0.2, 0.25) is 0 Å². The van der Waals surface area contributed by atoms with Crippen LogP contribution < -0.4 is 20.9 Å². The highest BCUT2D eigenvalue weighted by molar-refractivity contribution is 5.75. The van der Waals surface area contributed by atoms with E-state index in [4.69, 9.17) is 20.9 Å². The highest BCUT2D eigenvalue weighted by atomic mass is 16.5. The summed E-state index contributed by atoms with van der Waals surface area (Å²) in [6.07, 6.45) is 0. The van der Waals surface area contributed by atoms with E-state index in [9.17, 15) is 0 Å². The van der Waals surface area contributed by atoms with Crippen molar-refractivity contribution in [2.24, 2.45) is 0 Å². The number of rotatable bonds is 4. The number of para-hydroxylation sites is 2. The molecule has 4 nitrogen and oxygen atoms in total. The molecule has 0 aliphatic carbocycles. The Balaban J connectivity index is 1.97. The zero-order valence-corrected chi connectivity index (χ0v) is 11.9. The third kappa shape index (κ3) is 2.96. The van der Waals surface area contributed by atoms with Crippen LogP contribution in [0.4, 0.5) is 11.4 Å². The van der Waals surface area contributed by atoms with Gasteiger partial charge in [-0.1, -0.05) is 36.4 Å². The zero-order chi connectivity index (χ0) is 15.4. The molecule has 0 unspecified atom stereocenters. The lowest BCUT2D eigenvalue weighted by Crippen LogP contribution is -2.00. The Kier molecular flexibility index (Phi) is 3.83. The third-order valence-corrected chi connectivity index (χ3v) is 3.13. The normalized spacial score (nSPS) is 10.2. The van der Waals surface area contributed by atoms with Crippen molar-refractivity contribution in [2.75, 3.05) is 11.5 Å². The Morgan fingerprint density at radius 3 is 1.73 bits per heavy atom. The minimum atomic E-state index is 0.359. The maximum absolute atomic E-state index is 6.05. The van der Waals surface area contributed by atoms with Gasteiger partial charge in [-0.05, 0) is 36.4 Å². The second-order valence-electron chi connectivity index (χ2n) is 4.73. The molecular formula is C18H16N2O2. The highest BCUT2D eigenvalue weighted by Gasteiger charge is 2.14. The minimum absolute atomic E-state index is 0.359. The van der Waals surface area contributed by atoms with Crippen molar-refractivity contribution in [3.05, 3.63) is 72.8 Å². The molecule has 0 atom stereocenters. The number of benzene rings is 3. The maximum Gasteiger partial charge on any atom is 0.194 e. The van der Waals surface area contributed by atoms with E-state index in [2.05, 4.69) is 0 Å². The van der Waals surface area contributed by atoms with Crippen LogP contribution in [0.5, 0.6) is 23.0 Å². The van der Waals surface area contributed by atoms with Crippen molar-refractivity contribution in [2.45, 2.75) is 0 Å². The number of nitrogen functional groups attached to an aromatic ring is 2. The molecule has 22 heavy (non-hydrogen) atoms. The van der Waals surface area contributed by atoms with Crippen molar-refractivity contribution in [3.8, 4) is 23.0 Å². The van der Waals surface area contributed by atoms with E-state index < -0.39 is 0 Å².